The Hall–Kier alpha value is -1.63. The molecule has 1 saturated carbocycles. The minimum Gasteiger partial charge on any atom is -0.393 e. The minimum atomic E-state index is -0.243. The molecular formula is C18H28N4O2. The number of rotatable bonds is 7. The fraction of sp³-hybridized carbons (Fsp3) is 0.833. The van der Waals surface area contributed by atoms with Crippen LogP contribution in [0, 0.1) is 28.6 Å². The molecule has 6 heteroatoms. The van der Waals surface area contributed by atoms with E-state index in [2.05, 4.69) is 17.0 Å². The molecule has 0 radical (unpaired) electrons. The highest BCUT2D eigenvalue weighted by molar-refractivity contribution is 5.78. The van der Waals surface area contributed by atoms with E-state index in [0.29, 0.717) is 32.5 Å². The van der Waals surface area contributed by atoms with E-state index in [0.717, 1.165) is 45.1 Å². The fourth-order valence-electron chi connectivity index (χ4n) is 4.13. The first kappa shape index (κ1) is 18.7. The Morgan fingerprint density at radius 1 is 1.08 bits per heavy atom. The highest BCUT2D eigenvalue weighted by Crippen LogP contribution is 2.34. The van der Waals surface area contributed by atoms with Gasteiger partial charge in [0.05, 0.1) is 37.6 Å². The van der Waals surface area contributed by atoms with Crippen LogP contribution in [0.3, 0.4) is 0 Å². The van der Waals surface area contributed by atoms with Gasteiger partial charge < -0.3 is 10.0 Å². The molecule has 2 aliphatic rings. The van der Waals surface area contributed by atoms with Crippen molar-refractivity contribution in [2.75, 3.05) is 26.2 Å². The maximum Gasteiger partial charge on any atom is 0.236 e. The molecule has 0 aromatic heterocycles. The van der Waals surface area contributed by atoms with Gasteiger partial charge in [0.1, 0.15) is 0 Å². The smallest absolute Gasteiger partial charge is 0.236 e. The Morgan fingerprint density at radius 2 is 1.75 bits per heavy atom. The quantitative estimate of drug-likeness (QED) is 0.765. The standard InChI is InChI=1S/C18H28N4O2/c19-9-4-12-21(13-5-10-20)18(24)14-22-11-3-7-16(22)15-6-1-2-8-17(15)23/h15-17,23H,1-8,11-14H2/t15-,16-,17-/m1/s1. The lowest BCUT2D eigenvalue weighted by Gasteiger charge is -2.37. The number of hydrogen-bond acceptors (Lipinski definition) is 5. The van der Waals surface area contributed by atoms with E-state index in [1.54, 1.807) is 4.90 Å². The molecule has 0 aromatic rings. The van der Waals surface area contributed by atoms with Crippen LogP contribution in [0.25, 0.3) is 0 Å². The van der Waals surface area contributed by atoms with E-state index in [-0.39, 0.29) is 24.0 Å². The van der Waals surface area contributed by atoms with Gasteiger partial charge in [0.25, 0.3) is 0 Å². The van der Waals surface area contributed by atoms with Crippen molar-refractivity contribution in [3.63, 3.8) is 0 Å². The molecule has 1 aliphatic heterocycles. The Morgan fingerprint density at radius 3 is 2.38 bits per heavy atom. The fourth-order valence-corrected chi connectivity index (χ4v) is 4.13. The topological polar surface area (TPSA) is 91.4 Å². The number of nitriles is 2. The summed E-state index contributed by atoms with van der Waals surface area (Å²) in [5.41, 5.74) is 0. The summed E-state index contributed by atoms with van der Waals surface area (Å²) >= 11 is 0. The molecule has 3 atom stereocenters. The monoisotopic (exact) mass is 332 g/mol. The number of nitrogens with zero attached hydrogens (tertiary/aromatic N) is 4. The third-order valence-corrected chi connectivity index (χ3v) is 5.37. The zero-order valence-electron chi connectivity index (χ0n) is 14.4. The molecule has 2 rings (SSSR count). The molecular weight excluding hydrogens is 304 g/mol. The van der Waals surface area contributed by atoms with Gasteiger partial charge in [-0.3, -0.25) is 9.69 Å². The van der Waals surface area contributed by atoms with Crippen molar-refractivity contribution in [2.45, 2.75) is 63.5 Å². The molecule has 24 heavy (non-hydrogen) atoms. The summed E-state index contributed by atoms with van der Waals surface area (Å²) in [6.07, 6.45) is 6.64. The zero-order chi connectivity index (χ0) is 17.4. The lowest BCUT2D eigenvalue weighted by atomic mass is 9.80. The summed E-state index contributed by atoms with van der Waals surface area (Å²) in [6.45, 7) is 2.01. The van der Waals surface area contributed by atoms with E-state index in [4.69, 9.17) is 10.5 Å². The molecule has 0 aromatic carbocycles. The summed E-state index contributed by atoms with van der Waals surface area (Å²) in [6, 6.07) is 4.42. The van der Waals surface area contributed by atoms with E-state index in [1.807, 2.05) is 0 Å². The largest absolute Gasteiger partial charge is 0.393 e. The highest BCUT2D eigenvalue weighted by Gasteiger charge is 2.37. The van der Waals surface area contributed by atoms with Crippen LogP contribution < -0.4 is 0 Å². The SMILES string of the molecule is N#CCCN(CCC#N)C(=O)CN1CCC[C@@H]1[C@H]1CCCC[C@H]1O. The molecule has 1 heterocycles. The maximum absolute atomic E-state index is 12.6. The van der Waals surface area contributed by atoms with Gasteiger partial charge in [0.2, 0.25) is 5.91 Å². The molecule has 0 spiro atoms. The van der Waals surface area contributed by atoms with Gasteiger partial charge >= 0.3 is 0 Å². The van der Waals surface area contributed by atoms with Crippen molar-refractivity contribution in [1.29, 1.82) is 10.5 Å². The van der Waals surface area contributed by atoms with Crippen molar-refractivity contribution in [3.05, 3.63) is 0 Å². The third-order valence-electron chi connectivity index (χ3n) is 5.37. The number of carbonyl (C=O) groups excluding carboxylic acids is 1. The van der Waals surface area contributed by atoms with E-state index in [1.165, 1.54) is 0 Å². The van der Waals surface area contributed by atoms with Gasteiger partial charge in [-0.1, -0.05) is 12.8 Å². The molecule has 1 N–H and O–H groups in total. The number of likely N-dealkylation sites (tertiary alicyclic amines) is 1. The van der Waals surface area contributed by atoms with Crippen LogP contribution in [0.4, 0.5) is 0 Å². The number of aliphatic hydroxyl groups excluding tert-OH is 1. The summed E-state index contributed by atoms with van der Waals surface area (Å²) in [5.74, 6) is 0.276. The van der Waals surface area contributed by atoms with Gasteiger partial charge in [-0.2, -0.15) is 10.5 Å². The molecule has 2 fully saturated rings. The molecule has 132 valence electrons. The molecule has 1 aliphatic carbocycles. The summed E-state index contributed by atoms with van der Waals surface area (Å²) in [5, 5.41) is 27.8. The lowest BCUT2D eigenvalue weighted by molar-refractivity contribution is -0.133. The average molecular weight is 332 g/mol. The normalized spacial score (nSPS) is 27.4. The maximum atomic E-state index is 12.6. The highest BCUT2D eigenvalue weighted by atomic mass is 16.3. The molecule has 6 nitrogen and oxygen atoms in total. The lowest BCUT2D eigenvalue weighted by Crippen LogP contribution is -2.47. The van der Waals surface area contributed by atoms with Crippen molar-refractivity contribution in [3.8, 4) is 12.1 Å². The first-order valence-corrected chi connectivity index (χ1v) is 9.11. The van der Waals surface area contributed by atoms with Crippen LogP contribution in [-0.4, -0.2) is 59.1 Å². The van der Waals surface area contributed by atoms with Crippen LogP contribution >= 0.6 is 0 Å². The van der Waals surface area contributed by atoms with Crippen molar-refractivity contribution in [1.82, 2.24) is 9.80 Å². The molecule has 0 unspecified atom stereocenters. The van der Waals surface area contributed by atoms with Crippen LogP contribution in [0.15, 0.2) is 0 Å². The van der Waals surface area contributed by atoms with Gasteiger partial charge in [0, 0.05) is 25.0 Å². The first-order chi connectivity index (χ1) is 11.7. The molecule has 1 saturated heterocycles. The van der Waals surface area contributed by atoms with Crippen LogP contribution in [-0.2, 0) is 4.79 Å². The second kappa shape index (κ2) is 9.61. The van der Waals surface area contributed by atoms with Crippen molar-refractivity contribution in [2.24, 2.45) is 5.92 Å². The van der Waals surface area contributed by atoms with Gasteiger partial charge in [-0.15, -0.1) is 0 Å². The second-order valence-electron chi connectivity index (χ2n) is 6.89. The zero-order valence-corrected chi connectivity index (χ0v) is 14.4. The van der Waals surface area contributed by atoms with Crippen molar-refractivity contribution < 1.29 is 9.90 Å². The van der Waals surface area contributed by atoms with E-state index in [9.17, 15) is 9.90 Å². The predicted molar refractivity (Wildman–Crippen MR) is 89.6 cm³/mol. The van der Waals surface area contributed by atoms with Crippen LogP contribution in [0.5, 0.6) is 0 Å². The Kier molecular flexibility index (Phi) is 7.49. The third kappa shape index (κ3) is 4.93. The van der Waals surface area contributed by atoms with E-state index < -0.39 is 0 Å². The van der Waals surface area contributed by atoms with Crippen LogP contribution in [0.2, 0.25) is 0 Å². The van der Waals surface area contributed by atoms with Gasteiger partial charge in [-0.25, -0.2) is 0 Å². The Labute approximate surface area is 144 Å². The average Bonchev–Trinajstić information content (AvgIpc) is 3.03. The van der Waals surface area contributed by atoms with Crippen molar-refractivity contribution >= 4 is 5.91 Å². The number of aliphatic hydroxyl groups is 1. The second-order valence-corrected chi connectivity index (χ2v) is 6.89. The molecule has 0 bridgehead atoms. The molecule has 1 amide bonds. The Bertz CT molecular complexity index is 478. The summed E-state index contributed by atoms with van der Waals surface area (Å²) in [7, 11) is 0. The number of amides is 1. The van der Waals surface area contributed by atoms with Crippen LogP contribution in [0.1, 0.15) is 51.4 Å². The van der Waals surface area contributed by atoms with Gasteiger partial charge in [0.15, 0.2) is 0 Å². The first-order valence-electron chi connectivity index (χ1n) is 9.11. The summed E-state index contributed by atoms with van der Waals surface area (Å²) in [4.78, 5) is 16.5. The summed E-state index contributed by atoms with van der Waals surface area (Å²) < 4.78 is 0. The van der Waals surface area contributed by atoms with Gasteiger partial charge in [-0.05, 0) is 32.2 Å². The Balaban J connectivity index is 1.94. The number of carbonyl (C=O) groups is 1. The minimum absolute atomic E-state index is 0.00213. The number of hydrogen-bond donors (Lipinski definition) is 1. The predicted octanol–water partition coefficient (Wildman–Crippen LogP) is 1.66. The van der Waals surface area contributed by atoms with E-state index >= 15 is 0 Å².